The SMILES string of the molecule is Nc1cc(F)c(Br)cc1Nc1cccc2cccnc12. The van der Waals surface area contributed by atoms with Crippen molar-refractivity contribution in [1.82, 2.24) is 4.98 Å². The van der Waals surface area contributed by atoms with Crippen molar-refractivity contribution in [3.05, 3.63) is 59.0 Å². The van der Waals surface area contributed by atoms with E-state index in [1.165, 1.54) is 6.07 Å². The molecular formula is C15H11BrFN3. The van der Waals surface area contributed by atoms with E-state index in [2.05, 4.69) is 26.2 Å². The van der Waals surface area contributed by atoms with Crippen molar-refractivity contribution in [2.75, 3.05) is 11.1 Å². The van der Waals surface area contributed by atoms with Crippen LogP contribution in [0.5, 0.6) is 0 Å². The van der Waals surface area contributed by atoms with Crippen LogP contribution in [-0.4, -0.2) is 4.98 Å². The van der Waals surface area contributed by atoms with Crippen LogP contribution in [-0.2, 0) is 0 Å². The Morgan fingerprint density at radius 1 is 1.10 bits per heavy atom. The largest absolute Gasteiger partial charge is 0.397 e. The molecule has 0 unspecified atom stereocenters. The topological polar surface area (TPSA) is 50.9 Å². The lowest BCUT2D eigenvalue weighted by molar-refractivity contribution is 0.622. The number of nitrogens with zero attached hydrogens (tertiary/aromatic N) is 1. The van der Waals surface area contributed by atoms with Crippen molar-refractivity contribution < 1.29 is 4.39 Å². The maximum Gasteiger partial charge on any atom is 0.139 e. The molecule has 0 fully saturated rings. The molecule has 3 N–H and O–H groups in total. The Balaban J connectivity index is 2.08. The van der Waals surface area contributed by atoms with Gasteiger partial charge in [0.2, 0.25) is 0 Å². The van der Waals surface area contributed by atoms with Crippen molar-refractivity contribution in [3.8, 4) is 0 Å². The highest BCUT2D eigenvalue weighted by atomic mass is 79.9. The number of hydrogen-bond acceptors (Lipinski definition) is 3. The number of halogens is 2. The second kappa shape index (κ2) is 5.09. The third kappa shape index (κ3) is 2.32. The van der Waals surface area contributed by atoms with Crippen LogP contribution < -0.4 is 11.1 Å². The summed E-state index contributed by atoms with van der Waals surface area (Å²) in [5, 5.41) is 4.22. The van der Waals surface area contributed by atoms with Gasteiger partial charge >= 0.3 is 0 Å². The highest BCUT2D eigenvalue weighted by Crippen LogP contribution is 2.31. The van der Waals surface area contributed by atoms with E-state index < -0.39 is 0 Å². The van der Waals surface area contributed by atoms with Gasteiger partial charge in [0.25, 0.3) is 0 Å². The van der Waals surface area contributed by atoms with Gasteiger partial charge in [0, 0.05) is 17.6 Å². The first-order valence-electron chi connectivity index (χ1n) is 6.00. The Hall–Kier alpha value is -2.14. The number of para-hydroxylation sites is 1. The summed E-state index contributed by atoms with van der Waals surface area (Å²) in [7, 11) is 0. The first kappa shape index (κ1) is 12.9. The molecule has 2 aromatic carbocycles. The molecule has 20 heavy (non-hydrogen) atoms. The van der Waals surface area contributed by atoms with Gasteiger partial charge in [0.05, 0.1) is 27.1 Å². The van der Waals surface area contributed by atoms with E-state index in [9.17, 15) is 4.39 Å². The summed E-state index contributed by atoms with van der Waals surface area (Å²) in [6.45, 7) is 0. The zero-order valence-corrected chi connectivity index (χ0v) is 12.0. The van der Waals surface area contributed by atoms with Crippen molar-refractivity contribution in [3.63, 3.8) is 0 Å². The average molecular weight is 332 g/mol. The van der Waals surface area contributed by atoms with Gasteiger partial charge < -0.3 is 11.1 Å². The van der Waals surface area contributed by atoms with Crippen molar-refractivity contribution in [1.29, 1.82) is 0 Å². The molecule has 1 aromatic heterocycles. The number of rotatable bonds is 2. The molecule has 3 aromatic rings. The number of nitrogen functional groups attached to an aromatic ring is 1. The van der Waals surface area contributed by atoms with Crippen molar-refractivity contribution >= 4 is 43.9 Å². The molecule has 1 heterocycles. The first-order valence-corrected chi connectivity index (χ1v) is 6.80. The minimum atomic E-state index is -0.385. The Bertz CT molecular complexity index is 784. The number of fused-ring (bicyclic) bond motifs is 1. The average Bonchev–Trinajstić information content (AvgIpc) is 2.45. The molecule has 0 amide bonds. The first-order chi connectivity index (χ1) is 9.65. The quantitative estimate of drug-likeness (QED) is 0.681. The fourth-order valence-corrected chi connectivity index (χ4v) is 2.36. The molecule has 0 atom stereocenters. The van der Waals surface area contributed by atoms with Crippen LogP contribution in [0, 0.1) is 5.82 Å². The normalized spacial score (nSPS) is 10.7. The summed E-state index contributed by atoms with van der Waals surface area (Å²) in [6, 6.07) is 12.6. The molecule has 0 aliphatic heterocycles. The lowest BCUT2D eigenvalue weighted by Crippen LogP contribution is -1.98. The monoisotopic (exact) mass is 331 g/mol. The van der Waals surface area contributed by atoms with Gasteiger partial charge in [-0.05, 0) is 34.1 Å². The van der Waals surface area contributed by atoms with Crippen LogP contribution in [0.3, 0.4) is 0 Å². The van der Waals surface area contributed by atoms with Crippen molar-refractivity contribution in [2.45, 2.75) is 0 Å². The molecule has 3 rings (SSSR count). The van der Waals surface area contributed by atoms with E-state index in [1.807, 2.05) is 30.3 Å². The second-order valence-corrected chi connectivity index (χ2v) is 5.21. The van der Waals surface area contributed by atoms with Crippen LogP contribution in [0.15, 0.2) is 53.1 Å². The van der Waals surface area contributed by atoms with Gasteiger partial charge in [-0.2, -0.15) is 0 Å². The van der Waals surface area contributed by atoms with Gasteiger partial charge in [-0.1, -0.05) is 18.2 Å². The lowest BCUT2D eigenvalue weighted by Gasteiger charge is -2.12. The molecule has 0 saturated heterocycles. The summed E-state index contributed by atoms with van der Waals surface area (Å²) >= 11 is 3.16. The van der Waals surface area contributed by atoms with Crippen LogP contribution in [0.2, 0.25) is 0 Å². The van der Waals surface area contributed by atoms with E-state index in [0.717, 1.165) is 16.6 Å². The number of benzene rings is 2. The summed E-state index contributed by atoms with van der Waals surface area (Å²) in [4.78, 5) is 4.36. The number of aromatic nitrogens is 1. The Morgan fingerprint density at radius 3 is 2.75 bits per heavy atom. The molecular weight excluding hydrogens is 321 g/mol. The zero-order chi connectivity index (χ0) is 14.1. The maximum absolute atomic E-state index is 13.4. The molecule has 0 aliphatic carbocycles. The van der Waals surface area contributed by atoms with E-state index in [0.29, 0.717) is 15.8 Å². The fourth-order valence-electron chi connectivity index (χ4n) is 2.02. The minimum absolute atomic E-state index is 0.346. The molecule has 0 spiro atoms. The second-order valence-electron chi connectivity index (χ2n) is 4.36. The molecule has 0 radical (unpaired) electrons. The van der Waals surface area contributed by atoms with Gasteiger partial charge in [0.1, 0.15) is 5.82 Å². The highest BCUT2D eigenvalue weighted by molar-refractivity contribution is 9.10. The molecule has 0 saturated carbocycles. The van der Waals surface area contributed by atoms with Gasteiger partial charge in [0.15, 0.2) is 0 Å². The Morgan fingerprint density at radius 2 is 1.90 bits per heavy atom. The van der Waals surface area contributed by atoms with Gasteiger partial charge in [-0.15, -0.1) is 0 Å². The van der Waals surface area contributed by atoms with Crippen LogP contribution >= 0.6 is 15.9 Å². The third-order valence-corrected chi connectivity index (χ3v) is 3.60. The summed E-state index contributed by atoms with van der Waals surface area (Å²) < 4.78 is 13.7. The molecule has 100 valence electrons. The number of pyridine rings is 1. The van der Waals surface area contributed by atoms with E-state index in [1.54, 1.807) is 12.3 Å². The number of nitrogens with one attached hydrogen (secondary N) is 1. The molecule has 0 bridgehead atoms. The zero-order valence-electron chi connectivity index (χ0n) is 10.4. The molecule has 5 heteroatoms. The highest BCUT2D eigenvalue weighted by Gasteiger charge is 2.08. The predicted molar refractivity (Wildman–Crippen MR) is 83.5 cm³/mol. The smallest absolute Gasteiger partial charge is 0.139 e. The van der Waals surface area contributed by atoms with Crippen molar-refractivity contribution in [2.24, 2.45) is 0 Å². The maximum atomic E-state index is 13.4. The van der Waals surface area contributed by atoms with Crippen LogP contribution in [0.1, 0.15) is 0 Å². The number of anilines is 3. The minimum Gasteiger partial charge on any atom is -0.397 e. The predicted octanol–water partition coefficient (Wildman–Crippen LogP) is 4.46. The van der Waals surface area contributed by atoms with E-state index >= 15 is 0 Å². The van der Waals surface area contributed by atoms with Gasteiger partial charge in [-0.3, -0.25) is 4.98 Å². The van der Waals surface area contributed by atoms with E-state index in [4.69, 9.17) is 5.73 Å². The number of nitrogens with two attached hydrogens (primary N) is 1. The standard InChI is InChI=1S/C15H11BrFN3/c16-10-7-14(12(18)8-11(10)17)20-13-5-1-3-9-4-2-6-19-15(9)13/h1-8,20H,18H2. The Kier molecular flexibility index (Phi) is 3.28. The fraction of sp³-hybridized carbons (Fsp3) is 0. The summed E-state index contributed by atoms with van der Waals surface area (Å²) in [5.74, 6) is -0.385. The lowest BCUT2D eigenvalue weighted by atomic mass is 10.2. The molecule has 0 aliphatic rings. The number of hydrogen-bond donors (Lipinski definition) is 2. The van der Waals surface area contributed by atoms with Crippen LogP contribution in [0.4, 0.5) is 21.5 Å². The third-order valence-electron chi connectivity index (χ3n) is 2.99. The molecule has 3 nitrogen and oxygen atoms in total. The summed E-state index contributed by atoms with van der Waals surface area (Å²) in [6.07, 6.45) is 1.73. The Labute approximate surface area is 123 Å². The van der Waals surface area contributed by atoms with E-state index in [-0.39, 0.29) is 5.82 Å². The van der Waals surface area contributed by atoms with Crippen LogP contribution in [0.25, 0.3) is 10.9 Å². The summed E-state index contributed by atoms with van der Waals surface area (Å²) in [5.41, 5.74) is 8.49. The van der Waals surface area contributed by atoms with Gasteiger partial charge in [-0.25, -0.2) is 4.39 Å².